The van der Waals surface area contributed by atoms with Crippen LogP contribution in [0, 0.1) is 5.92 Å². The molecule has 6 nitrogen and oxygen atoms in total. The molecule has 3 atom stereocenters. The highest BCUT2D eigenvalue weighted by Crippen LogP contribution is 2.37. The van der Waals surface area contributed by atoms with Gasteiger partial charge in [0.05, 0.1) is 17.2 Å². The second-order valence-electron chi connectivity index (χ2n) is 8.35. The molecule has 0 aromatic heterocycles. The maximum Gasteiger partial charge on any atom is 0.416 e. The number of piperidine rings is 1. The second kappa shape index (κ2) is 12.9. The highest BCUT2D eigenvalue weighted by Gasteiger charge is 2.37. The van der Waals surface area contributed by atoms with Gasteiger partial charge in [-0.3, -0.25) is 0 Å². The summed E-state index contributed by atoms with van der Waals surface area (Å²) in [5.41, 5.74) is 6.61. The molecular weight excluding hydrogens is 488 g/mol. The Labute approximate surface area is 206 Å². The number of halogens is 6. The molecule has 0 saturated carbocycles. The molecule has 0 radical (unpaired) electrons. The molecule has 1 aliphatic carbocycles. The molecule has 1 fully saturated rings. The van der Waals surface area contributed by atoms with Crippen molar-refractivity contribution >= 4 is 5.84 Å². The normalized spacial score (nSPS) is 21.7. The molecule has 0 amide bonds. The Hall–Kier alpha value is -2.83. The van der Waals surface area contributed by atoms with E-state index in [0.29, 0.717) is 24.0 Å². The van der Waals surface area contributed by atoms with Gasteiger partial charge in [-0.2, -0.15) is 31.4 Å². The van der Waals surface area contributed by atoms with Crippen LogP contribution in [0.5, 0.6) is 0 Å². The molecule has 0 bridgehead atoms. The highest BCUT2D eigenvalue weighted by molar-refractivity contribution is 5.82. The van der Waals surface area contributed by atoms with Crippen LogP contribution in [0.15, 0.2) is 59.3 Å². The van der Waals surface area contributed by atoms with E-state index in [4.69, 9.17) is 16.3 Å². The van der Waals surface area contributed by atoms with Gasteiger partial charge in [-0.25, -0.2) is 11.4 Å². The fraction of sp³-hybridized carbons (Fsp3) is 0.458. The third kappa shape index (κ3) is 8.68. The average molecular weight is 520 g/mol. The molecule has 0 spiro atoms. The fourth-order valence-electron chi connectivity index (χ4n) is 3.76. The van der Waals surface area contributed by atoms with Gasteiger partial charge in [-0.15, -0.1) is 0 Å². The van der Waals surface area contributed by atoms with Gasteiger partial charge in [-0.1, -0.05) is 30.4 Å². The smallest absolute Gasteiger partial charge is 0.385 e. The van der Waals surface area contributed by atoms with E-state index in [1.54, 1.807) is 0 Å². The summed E-state index contributed by atoms with van der Waals surface area (Å²) in [6, 6.07) is 1.83. The summed E-state index contributed by atoms with van der Waals surface area (Å²) in [5.74, 6) is 5.98. The first-order chi connectivity index (χ1) is 16.9. The zero-order valence-corrected chi connectivity index (χ0v) is 20.0. The number of ether oxygens (including phenoxy) is 1. The van der Waals surface area contributed by atoms with E-state index in [1.807, 2.05) is 0 Å². The van der Waals surface area contributed by atoms with Crippen LogP contribution in [0.2, 0.25) is 0 Å². The molecule has 36 heavy (non-hydrogen) atoms. The van der Waals surface area contributed by atoms with E-state index in [2.05, 4.69) is 46.3 Å². The molecule has 200 valence electrons. The molecule has 1 aliphatic heterocycles. The van der Waals surface area contributed by atoms with Gasteiger partial charge in [0.2, 0.25) is 0 Å². The Morgan fingerprint density at radius 2 is 1.72 bits per heavy atom. The number of methoxy groups -OCH3 is 1. The van der Waals surface area contributed by atoms with Crippen molar-refractivity contribution in [1.29, 1.82) is 0 Å². The zero-order chi connectivity index (χ0) is 26.9. The minimum Gasteiger partial charge on any atom is -0.385 e. The lowest BCUT2D eigenvalue weighted by atomic mass is 9.90. The van der Waals surface area contributed by atoms with E-state index >= 15 is 0 Å². The lowest BCUT2D eigenvalue weighted by molar-refractivity contribution is -0.143. The summed E-state index contributed by atoms with van der Waals surface area (Å²) in [6.45, 7) is 2.22. The SMILES string of the molecule is COC(C)c1cc(C(F)(F)F)cc(C(F)(F)F)c1.NN/N=C(\N)C1CCC(C2=CCC=CC=C2)NC1. The van der Waals surface area contributed by atoms with Crippen LogP contribution in [0.25, 0.3) is 0 Å². The van der Waals surface area contributed by atoms with E-state index in [9.17, 15) is 26.3 Å². The number of rotatable bonds is 5. The number of nitrogens with two attached hydrogens (primary N) is 2. The quantitative estimate of drug-likeness (QED) is 0.145. The van der Waals surface area contributed by atoms with Crippen molar-refractivity contribution in [3.05, 3.63) is 70.8 Å². The van der Waals surface area contributed by atoms with Gasteiger partial charge in [0.1, 0.15) is 5.84 Å². The monoisotopic (exact) mass is 519 g/mol. The molecule has 1 aromatic carbocycles. The van der Waals surface area contributed by atoms with Crippen LogP contribution >= 0.6 is 0 Å². The van der Waals surface area contributed by atoms with Crippen LogP contribution in [-0.4, -0.2) is 25.5 Å². The Bertz CT molecular complexity index is 944. The number of hydrogen-bond donors (Lipinski definition) is 4. The molecular formula is C24H31F6N5O. The van der Waals surface area contributed by atoms with Crippen molar-refractivity contribution in [3.8, 4) is 0 Å². The Morgan fingerprint density at radius 1 is 1.08 bits per heavy atom. The average Bonchev–Trinajstić information content (AvgIpc) is 3.12. The number of allylic oxidation sites excluding steroid dienone is 4. The van der Waals surface area contributed by atoms with Crippen molar-refractivity contribution in [1.82, 2.24) is 10.9 Å². The number of nitrogens with one attached hydrogen (secondary N) is 2. The van der Waals surface area contributed by atoms with Gasteiger partial charge in [-0.05, 0) is 55.5 Å². The van der Waals surface area contributed by atoms with Crippen LogP contribution in [-0.2, 0) is 17.1 Å². The number of nitrogens with zero attached hydrogens (tertiary/aromatic N) is 1. The number of alkyl halides is 6. The molecule has 1 saturated heterocycles. The Kier molecular flexibility index (Phi) is 10.6. The zero-order valence-electron chi connectivity index (χ0n) is 20.0. The topological polar surface area (TPSA) is 97.7 Å². The maximum atomic E-state index is 12.5. The van der Waals surface area contributed by atoms with Crippen LogP contribution in [0.3, 0.4) is 0 Å². The summed E-state index contributed by atoms with van der Waals surface area (Å²) in [6.07, 6.45) is 3.40. The molecule has 3 unspecified atom stereocenters. The number of amidine groups is 1. The third-order valence-corrected chi connectivity index (χ3v) is 5.89. The predicted octanol–water partition coefficient (Wildman–Crippen LogP) is 4.96. The number of hydrogen-bond acceptors (Lipinski definition) is 5. The molecule has 3 rings (SSSR count). The summed E-state index contributed by atoms with van der Waals surface area (Å²) in [4.78, 5) is 0. The molecule has 1 aromatic rings. The number of hydrazone groups is 1. The van der Waals surface area contributed by atoms with E-state index in [-0.39, 0.29) is 17.5 Å². The fourth-order valence-corrected chi connectivity index (χ4v) is 3.76. The summed E-state index contributed by atoms with van der Waals surface area (Å²) >= 11 is 0. The first-order valence-corrected chi connectivity index (χ1v) is 11.2. The Morgan fingerprint density at radius 3 is 2.22 bits per heavy atom. The molecule has 6 N–H and O–H groups in total. The Balaban J connectivity index is 0.000000254. The van der Waals surface area contributed by atoms with Crippen molar-refractivity contribution in [2.75, 3.05) is 13.7 Å². The summed E-state index contributed by atoms with van der Waals surface area (Å²) in [5, 5.41) is 7.37. The van der Waals surface area contributed by atoms with Crippen molar-refractivity contribution < 1.29 is 31.1 Å². The van der Waals surface area contributed by atoms with Crippen molar-refractivity contribution in [2.45, 2.75) is 50.7 Å². The standard InChI is InChI=1S/C13H21N5.C11H10F6O/c14-13(17-18-15)11-7-8-12(16-9-11)10-5-3-1-2-4-6-10;1-6(18-2)7-3-8(10(12,13)14)5-9(4-7)11(15,16)17/h1-3,5-6,11-12,16,18H,4,7-9,15H2,(H2,14,17);3-6H,1-2H3. The van der Waals surface area contributed by atoms with Crippen LogP contribution in [0.4, 0.5) is 26.3 Å². The summed E-state index contributed by atoms with van der Waals surface area (Å²) in [7, 11) is 1.21. The van der Waals surface area contributed by atoms with E-state index < -0.39 is 29.6 Å². The van der Waals surface area contributed by atoms with Crippen molar-refractivity contribution in [3.63, 3.8) is 0 Å². The first-order valence-electron chi connectivity index (χ1n) is 11.2. The maximum absolute atomic E-state index is 12.5. The van der Waals surface area contributed by atoms with Gasteiger partial charge >= 0.3 is 12.4 Å². The lowest BCUT2D eigenvalue weighted by Crippen LogP contribution is -2.45. The van der Waals surface area contributed by atoms with Gasteiger partial charge in [0.15, 0.2) is 0 Å². The third-order valence-electron chi connectivity index (χ3n) is 5.89. The number of benzene rings is 1. The van der Waals surface area contributed by atoms with E-state index in [0.717, 1.165) is 25.8 Å². The minimum atomic E-state index is -4.83. The van der Waals surface area contributed by atoms with Crippen LogP contribution < -0.4 is 22.4 Å². The molecule has 12 heteroatoms. The van der Waals surface area contributed by atoms with Crippen molar-refractivity contribution in [2.24, 2.45) is 22.6 Å². The molecule has 1 heterocycles. The number of hydrazine groups is 1. The van der Waals surface area contributed by atoms with Crippen LogP contribution in [0.1, 0.15) is 49.0 Å². The largest absolute Gasteiger partial charge is 0.416 e. The lowest BCUT2D eigenvalue weighted by Gasteiger charge is -2.30. The van der Waals surface area contributed by atoms with E-state index in [1.165, 1.54) is 19.6 Å². The van der Waals surface area contributed by atoms with Gasteiger partial charge < -0.3 is 15.8 Å². The van der Waals surface area contributed by atoms with Gasteiger partial charge in [0.25, 0.3) is 0 Å². The van der Waals surface area contributed by atoms with Gasteiger partial charge in [0, 0.05) is 25.6 Å². The first kappa shape index (κ1) is 29.4. The molecule has 2 aliphatic rings. The predicted molar refractivity (Wildman–Crippen MR) is 126 cm³/mol. The highest BCUT2D eigenvalue weighted by atomic mass is 19.4. The summed E-state index contributed by atoms with van der Waals surface area (Å²) < 4.78 is 79.7. The second-order valence-corrected chi connectivity index (χ2v) is 8.35. The minimum absolute atomic E-state index is 0.0892.